The zero-order valence-corrected chi connectivity index (χ0v) is 8.66. The first-order valence-electron chi connectivity index (χ1n) is 4.90. The van der Waals surface area contributed by atoms with E-state index in [2.05, 4.69) is 22.3 Å². The Bertz CT molecular complexity index is 291. The van der Waals surface area contributed by atoms with Crippen molar-refractivity contribution < 1.29 is 4.74 Å². The molecule has 0 spiro atoms. The molecule has 1 heterocycles. The molecule has 2 rings (SSSR count). The molecule has 1 aliphatic rings. The van der Waals surface area contributed by atoms with Gasteiger partial charge in [0, 0.05) is 32.9 Å². The van der Waals surface area contributed by atoms with Gasteiger partial charge in [0.2, 0.25) is 0 Å². The highest BCUT2D eigenvalue weighted by molar-refractivity contribution is 5.47. The third-order valence-corrected chi connectivity index (χ3v) is 2.40. The second-order valence-electron chi connectivity index (χ2n) is 3.79. The molecule has 0 unspecified atom stereocenters. The first-order valence-corrected chi connectivity index (χ1v) is 4.90. The third-order valence-electron chi connectivity index (χ3n) is 2.40. The first kappa shape index (κ1) is 9.34. The summed E-state index contributed by atoms with van der Waals surface area (Å²) in [6.45, 7) is 1.94. The van der Waals surface area contributed by atoms with Gasteiger partial charge in [-0.3, -0.25) is 0 Å². The predicted octanol–water partition coefficient (Wildman–Crippen LogP) is 1.10. The van der Waals surface area contributed by atoms with Gasteiger partial charge in [0.1, 0.15) is 11.9 Å². The van der Waals surface area contributed by atoms with Gasteiger partial charge in [-0.15, -0.1) is 0 Å². The van der Waals surface area contributed by atoms with Crippen molar-refractivity contribution >= 4 is 5.69 Å². The molecule has 0 saturated carbocycles. The lowest BCUT2D eigenvalue weighted by Crippen LogP contribution is -2.50. The zero-order valence-electron chi connectivity index (χ0n) is 8.66. The van der Waals surface area contributed by atoms with E-state index in [1.807, 2.05) is 26.2 Å². The molecular formula is C11H16N2O. The molecule has 1 saturated heterocycles. The molecular weight excluding hydrogens is 176 g/mol. The lowest BCUT2D eigenvalue weighted by molar-refractivity contribution is 0.142. The molecule has 0 aromatic heterocycles. The molecule has 0 amide bonds. The van der Waals surface area contributed by atoms with Crippen molar-refractivity contribution in [2.45, 2.75) is 6.10 Å². The number of benzene rings is 1. The van der Waals surface area contributed by atoms with E-state index < -0.39 is 0 Å². The van der Waals surface area contributed by atoms with E-state index >= 15 is 0 Å². The second kappa shape index (κ2) is 3.88. The van der Waals surface area contributed by atoms with Gasteiger partial charge in [-0.25, -0.2) is 0 Å². The molecule has 1 aromatic carbocycles. The minimum Gasteiger partial charge on any atom is -0.488 e. The highest BCUT2D eigenvalue weighted by atomic mass is 16.5. The van der Waals surface area contributed by atoms with Crippen LogP contribution in [0.15, 0.2) is 24.3 Å². The molecule has 3 nitrogen and oxygen atoms in total. The van der Waals surface area contributed by atoms with Gasteiger partial charge in [-0.1, -0.05) is 0 Å². The fourth-order valence-electron chi connectivity index (χ4n) is 1.36. The number of anilines is 1. The van der Waals surface area contributed by atoms with Crippen LogP contribution in [0.2, 0.25) is 0 Å². The van der Waals surface area contributed by atoms with E-state index in [1.54, 1.807) is 0 Å². The van der Waals surface area contributed by atoms with Crippen molar-refractivity contribution in [3.05, 3.63) is 24.3 Å². The smallest absolute Gasteiger partial charge is 0.123 e. The van der Waals surface area contributed by atoms with Crippen molar-refractivity contribution in [1.29, 1.82) is 0 Å². The Labute approximate surface area is 84.7 Å². The SMILES string of the molecule is CN(C)c1ccc(OC2CNC2)cc1. The molecule has 1 aliphatic heterocycles. The van der Waals surface area contributed by atoms with Crippen molar-refractivity contribution in [2.75, 3.05) is 32.1 Å². The molecule has 0 radical (unpaired) electrons. The second-order valence-corrected chi connectivity index (χ2v) is 3.79. The van der Waals surface area contributed by atoms with Crippen LogP contribution in [-0.2, 0) is 0 Å². The van der Waals surface area contributed by atoms with Crippen LogP contribution in [0.3, 0.4) is 0 Å². The fraction of sp³-hybridized carbons (Fsp3) is 0.455. The minimum absolute atomic E-state index is 0.361. The van der Waals surface area contributed by atoms with Crippen molar-refractivity contribution in [3.8, 4) is 5.75 Å². The van der Waals surface area contributed by atoms with Crippen LogP contribution in [-0.4, -0.2) is 33.3 Å². The number of hydrogen-bond donors (Lipinski definition) is 1. The standard InChI is InChI=1S/C11H16N2O/c1-13(2)9-3-5-10(6-4-9)14-11-7-12-8-11/h3-6,11-12H,7-8H2,1-2H3. The number of rotatable bonds is 3. The number of ether oxygens (including phenoxy) is 1. The average molecular weight is 192 g/mol. The Balaban J connectivity index is 1.98. The normalized spacial score (nSPS) is 16.1. The molecule has 0 bridgehead atoms. The number of hydrogen-bond acceptors (Lipinski definition) is 3. The van der Waals surface area contributed by atoms with E-state index in [0.29, 0.717) is 6.10 Å². The lowest BCUT2D eigenvalue weighted by Gasteiger charge is -2.28. The van der Waals surface area contributed by atoms with Crippen LogP contribution in [0.25, 0.3) is 0 Å². The molecule has 76 valence electrons. The fourth-order valence-corrected chi connectivity index (χ4v) is 1.36. The maximum Gasteiger partial charge on any atom is 0.123 e. The Morgan fingerprint density at radius 2 is 1.86 bits per heavy atom. The van der Waals surface area contributed by atoms with Crippen molar-refractivity contribution in [2.24, 2.45) is 0 Å². The largest absolute Gasteiger partial charge is 0.488 e. The Morgan fingerprint density at radius 3 is 2.29 bits per heavy atom. The summed E-state index contributed by atoms with van der Waals surface area (Å²) in [5.74, 6) is 0.960. The van der Waals surface area contributed by atoms with Gasteiger partial charge in [-0.2, -0.15) is 0 Å². The molecule has 3 heteroatoms. The summed E-state index contributed by atoms with van der Waals surface area (Å²) in [4.78, 5) is 2.08. The highest BCUT2D eigenvalue weighted by Crippen LogP contribution is 2.19. The Hall–Kier alpha value is -1.22. The van der Waals surface area contributed by atoms with Gasteiger partial charge in [0.15, 0.2) is 0 Å². The predicted molar refractivity (Wildman–Crippen MR) is 58.1 cm³/mol. The summed E-state index contributed by atoms with van der Waals surface area (Å²) < 4.78 is 5.70. The van der Waals surface area contributed by atoms with Crippen LogP contribution in [0.1, 0.15) is 0 Å². The van der Waals surface area contributed by atoms with Crippen molar-refractivity contribution in [3.63, 3.8) is 0 Å². The average Bonchev–Trinajstić information content (AvgIpc) is 2.12. The van der Waals surface area contributed by atoms with Gasteiger partial charge in [-0.05, 0) is 24.3 Å². The Morgan fingerprint density at radius 1 is 1.21 bits per heavy atom. The maximum absolute atomic E-state index is 5.70. The summed E-state index contributed by atoms with van der Waals surface area (Å²) in [6.07, 6.45) is 0.361. The van der Waals surface area contributed by atoms with Crippen LogP contribution in [0, 0.1) is 0 Å². The molecule has 0 atom stereocenters. The van der Waals surface area contributed by atoms with E-state index in [-0.39, 0.29) is 0 Å². The molecule has 1 fully saturated rings. The van der Waals surface area contributed by atoms with Crippen LogP contribution in [0.4, 0.5) is 5.69 Å². The van der Waals surface area contributed by atoms with Gasteiger partial charge in [0.05, 0.1) is 0 Å². The quantitative estimate of drug-likeness (QED) is 0.776. The van der Waals surface area contributed by atoms with Crippen LogP contribution < -0.4 is 15.0 Å². The maximum atomic E-state index is 5.70. The topological polar surface area (TPSA) is 24.5 Å². The Kier molecular flexibility index (Phi) is 2.59. The number of nitrogens with zero attached hydrogens (tertiary/aromatic N) is 1. The van der Waals surface area contributed by atoms with Crippen LogP contribution in [0.5, 0.6) is 5.75 Å². The first-order chi connectivity index (χ1) is 6.75. The van der Waals surface area contributed by atoms with E-state index in [4.69, 9.17) is 4.74 Å². The molecule has 14 heavy (non-hydrogen) atoms. The summed E-state index contributed by atoms with van der Waals surface area (Å²) in [5.41, 5.74) is 1.20. The van der Waals surface area contributed by atoms with E-state index in [9.17, 15) is 0 Å². The van der Waals surface area contributed by atoms with Gasteiger partial charge >= 0.3 is 0 Å². The summed E-state index contributed by atoms with van der Waals surface area (Å²) >= 11 is 0. The van der Waals surface area contributed by atoms with Crippen molar-refractivity contribution in [1.82, 2.24) is 5.32 Å². The minimum atomic E-state index is 0.361. The third kappa shape index (κ3) is 1.99. The van der Waals surface area contributed by atoms with E-state index in [1.165, 1.54) is 5.69 Å². The highest BCUT2D eigenvalue weighted by Gasteiger charge is 2.17. The molecule has 1 N–H and O–H groups in total. The zero-order chi connectivity index (χ0) is 9.97. The lowest BCUT2D eigenvalue weighted by atomic mass is 10.2. The van der Waals surface area contributed by atoms with Gasteiger partial charge < -0.3 is 15.0 Å². The molecule has 1 aromatic rings. The molecule has 0 aliphatic carbocycles. The van der Waals surface area contributed by atoms with E-state index in [0.717, 1.165) is 18.8 Å². The summed E-state index contributed by atoms with van der Waals surface area (Å²) in [7, 11) is 4.07. The number of nitrogens with one attached hydrogen (secondary N) is 1. The van der Waals surface area contributed by atoms with Crippen LogP contribution >= 0.6 is 0 Å². The summed E-state index contributed by atoms with van der Waals surface area (Å²) in [5, 5.41) is 3.18. The summed E-state index contributed by atoms with van der Waals surface area (Å²) in [6, 6.07) is 8.18. The van der Waals surface area contributed by atoms with Gasteiger partial charge in [0.25, 0.3) is 0 Å². The monoisotopic (exact) mass is 192 g/mol.